The first kappa shape index (κ1) is 17.2. The number of rotatable bonds is 5. The van der Waals surface area contributed by atoms with Crippen LogP contribution in [0.5, 0.6) is 0 Å². The van der Waals surface area contributed by atoms with Crippen LogP contribution in [0.15, 0.2) is 23.0 Å². The molecule has 0 saturated carbocycles. The molecule has 22 heavy (non-hydrogen) atoms. The van der Waals surface area contributed by atoms with Crippen molar-refractivity contribution < 1.29 is 13.7 Å². The minimum absolute atomic E-state index is 0.223. The van der Waals surface area contributed by atoms with Gasteiger partial charge in [-0.25, -0.2) is 4.21 Å². The van der Waals surface area contributed by atoms with E-state index < -0.39 is 15.7 Å². The molecular weight excluding hydrogens is 302 g/mol. The van der Waals surface area contributed by atoms with Crippen LogP contribution in [0, 0.1) is 0 Å². The first-order valence-corrected chi connectivity index (χ1v) is 8.56. The Bertz CT molecular complexity index is 523. The van der Waals surface area contributed by atoms with Gasteiger partial charge < -0.3 is 9.47 Å². The topological polar surface area (TPSA) is 73.7 Å². The zero-order valence-electron chi connectivity index (χ0n) is 13.3. The molecule has 1 fully saturated rings. The maximum absolute atomic E-state index is 12.3. The predicted octanol–water partition coefficient (Wildman–Crippen LogP) is 2.27. The first-order valence-electron chi connectivity index (χ1n) is 7.46. The summed E-state index contributed by atoms with van der Waals surface area (Å²) in [6.45, 7) is 7.13. The lowest BCUT2D eigenvalue weighted by Gasteiger charge is -2.23. The van der Waals surface area contributed by atoms with Gasteiger partial charge in [0.1, 0.15) is 16.7 Å². The fourth-order valence-corrected chi connectivity index (χ4v) is 2.52. The Kier molecular flexibility index (Phi) is 6.16. The summed E-state index contributed by atoms with van der Waals surface area (Å²) < 4.78 is 27.4. The molecule has 1 saturated heterocycles. The van der Waals surface area contributed by atoms with Gasteiger partial charge in [-0.2, -0.15) is 4.40 Å². The Balaban J connectivity index is 2.11. The van der Waals surface area contributed by atoms with Gasteiger partial charge in [0.05, 0.1) is 29.9 Å². The van der Waals surface area contributed by atoms with Gasteiger partial charge in [-0.15, -0.1) is 0 Å². The second kappa shape index (κ2) is 7.89. The third kappa shape index (κ3) is 5.23. The molecule has 1 aliphatic heterocycles. The standard InChI is InChI=1S/C15H23N3O3S/c1-15(2,3)22(19)18-12(13-11-16-7-8-17-13)5-6-14-20-9-4-10-21-14/h7-8,11,14H,4-6,9-10H2,1-3H3/b18-12+/t22-/m0/s1. The van der Waals surface area contributed by atoms with E-state index in [4.69, 9.17) is 9.47 Å². The number of hydrogen-bond acceptors (Lipinski definition) is 5. The fourth-order valence-electron chi connectivity index (χ4n) is 1.86. The number of ether oxygens (including phenoxy) is 2. The summed E-state index contributed by atoms with van der Waals surface area (Å²) in [5.41, 5.74) is 1.33. The zero-order valence-corrected chi connectivity index (χ0v) is 14.1. The average Bonchev–Trinajstić information content (AvgIpc) is 2.52. The molecule has 0 bridgehead atoms. The van der Waals surface area contributed by atoms with Crippen LogP contribution in [0.1, 0.15) is 45.7 Å². The van der Waals surface area contributed by atoms with E-state index in [9.17, 15) is 4.21 Å². The quantitative estimate of drug-likeness (QED) is 0.776. The van der Waals surface area contributed by atoms with Gasteiger partial charge in [0, 0.05) is 18.8 Å². The van der Waals surface area contributed by atoms with Crippen LogP contribution in [0.3, 0.4) is 0 Å². The molecule has 6 nitrogen and oxygen atoms in total. The van der Waals surface area contributed by atoms with E-state index in [0.29, 0.717) is 24.2 Å². The summed E-state index contributed by atoms with van der Waals surface area (Å²) >= 11 is 0. The maximum atomic E-state index is 12.3. The largest absolute Gasteiger partial charge is 0.353 e. The Labute approximate surface area is 134 Å². The molecule has 1 aromatic rings. The lowest BCUT2D eigenvalue weighted by Crippen LogP contribution is -2.26. The lowest BCUT2D eigenvalue weighted by atomic mass is 10.1. The van der Waals surface area contributed by atoms with Crippen molar-refractivity contribution in [2.24, 2.45) is 4.40 Å². The minimum Gasteiger partial charge on any atom is -0.353 e. The highest BCUT2D eigenvalue weighted by Crippen LogP contribution is 2.17. The third-order valence-electron chi connectivity index (χ3n) is 3.09. The zero-order chi connectivity index (χ0) is 16.0. The molecule has 1 aliphatic rings. The highest BCUT2D eigenvalue weighted by molar-refractivity contribution is 7.85. The molecular formula is C15H23N3O3S. The van der Waals surface area contributed by atoms with Gasteiger partial charge in [-0.3, -0.25) is 9.97 Å². The van der Waals surface area contributed by atoms with Crippen molar-refractivity contribution in [3.63, 3.8) is 0 Å². The molecule has 0 N–H and O–H groups in total. The van der Waals surface area contributed by atoms with E-state index in [1.807, 2.05) is 20.8 Å². The Morgan fingerprint density at radius 3 is 2.68 bits per heavy atom. The van der Waals surface area contributed by atoms with Gasteiger partial charge in [-0.05, 0) is 33.6 Å². The number of nitrogens with zero attached hydrogens (tertiary/aromatic N) is 3. The summed E-state index contributed by atoms with van der Waals surface area (Å²) in [5, 5.41) is 0. The van der Waals surface area contributed by atoms with Gasteiger partial charge in [0.25, 0.3) is 0 Å². The van der Waals surface area contributed by atoms with Crippen molar-refractivity contribution in [3.8, 4) is 0 Å². The van der Waals surface area contributed by atoms with Gasteiger partial charge in [0.2, 0.25) is 0 Å². The van der Waals surface area contributed by atoms with Crippen LogP contribution >= 0.6 is 0 Å². The van der Waals surface area contributed by atoms with E-state index in [0.717, 1.165) is 19.6 Å². The molecule has 0 amide bonds. The molecule has 0 unspecified atom stereocenters. The third-order valence-corrected chi connectivity index (χ3v) is 4.52. The van der Waals surface area contributed by atoms with E-state index >= 15 is 0 Å². The minimum atomic E-state index is -1.34. The molecule has 2 heterocycles. The second-order valence-corrected chi connectivity index (χ2v) is 7.96. The second-order valence-electron chi connectivity index (χ2n) is 6.05. The predicted molar refractivity (Wildman–Crippen MR) is 86.0 cm³/mol. The van der Waals surface area contributed by atoms with Crippen LogP contribution in [-0.2, 0) is 20.5 Å². The van der Waals surface area contributed by atoms with Crippen molar-refractivity contribution in [1.82, 2.24) is 9.97 Å². The first-order chi connectivity index (χ1) is 10.5. The smallest absolute Gasteiger partial charge is 0.157 e. The summed E-state index contributed by atoms with van der Waals surface area (Å²) in [6.07, 6.45) is 6.81. The van der Waals surface area contributed by atoms with Gasteiger partial charge in [0.15, 0.2) is 6.29 Å². The van der Waals surface area contributed by atoms with E-state index in [1.165, 1.54) is 0 Å². The van der Waals surface area contributed by atoms with Crippen LogP contribution in [0.25, 0.3) is 0 Å². The monoisotopic (exact) mass is 325 g/mol. The summed E-state index contributed by atoms with van der Waals surface area (Å²) in [7, 11) is -1.34. The van der Waals surface area contributed by atoms with Gasteiger partial charge in [-0.1, -0.05) is 0 Å². The van der Waals surface area contributed by atoms with Crippen molar-refractivity contribution in [2.75, 3.05) is 13.2 Å². The van der Waals surface area contributed by atoms with Crippen molar-refractivity contribution in [2.45, 2.75) is 51.1 Å². The van der Waals surface area contributed by atoms with Crippen LogP contribution < -0.4 is 0 Å². The highest BCUT2D eigenvalue weighted by atomic mass is 32.2. The molecule has 2 rings (SSSR count). The van der Waals surface area contributed by atoms with Crippen molar-refractivity contribution in [3.05, 3.63) is 24.3 Å². The van der Waals surface area contributed by atoms with Crippen molar-refractivity contribution in [1.29, 1.82) is 0 Å². The molecule has 0 aromatic carbocycles. The number of aromatic nitrogens is 2. The molecule has 0 radical (unpaired) electrons. The highest BCUT2D eigenvalue weighted by Gasteiger charge is 2.22. The van der Waals surface area contributed by atoms with E-state index in [2.05, 4.69) is 14.4 Å². The van der Waals surface area contributed by atoms with Crippen LogP contribution in [-0.4, -0.2) is 44.1 Å². The van der Waals surface area contributed by atoms with Gasteiger partial charge >= 0.3 is 0 Å². The molecule has 0 aliphatic carbocycles. The normalized spacial score (nSPS) is 19.1. The summed E-state index contributed by atoms with van der Waals surface area (Å²) in [5.74, 6) is 0. The fraction of sp³-hybridized carbons (Fsp3) is 0.667. The maximum Gasteiger partial charge on any atom is 0.157 e. The Morgan fingerprint density at radius 1 is 1.36 bits per heavy atom. The molecule has 1 aromatic heterocycles. The van der Waals surface area contributed by atoms with Crippen LogP contribution in [0.4, 0.5) is 0 Å². The molecule has 1 atom stereocenters. The lowest BCUT2D eigenvalue weighted by molar-refractivity contribution is -0.180. The summed E-state index contributed by atoms with van der Waals surface area (Å²) in [4.78, 5) is 8.33. The molecule has 0 spiro atoms. The molecule has 7 heteroatoms. The van der Waals surface area contributed by atoms with E-state index in [-0.39, 0.29) is 6.29 Å². The Hall–Kier alpha value is -1.18. The SMILES string of the molecule is CC(C)(C)[S@](=O)/N=C(\CCC1OCCCO1)c1cnccn1. The average molecular weight is 325 g/mol. The van der Waals surface area contributed by atoms with Crippen LogP contribution in [0.2, 0.25) is 0 Å². The Morgan fingerprint density at radius 2 is 2.09 bits per heavy atom. The summed E-state index contributed by atoms with van der Waals surface area (Å²) in [6, 6.07) is 0. The molecule has 122 valence electrons. The number of hydrogen-bond donors (Lipinski definition) is 0. The van der Waals surface area contributed by atoms with E-state index in [1.54, 1.807) is 18.6 Å². The van der Waals surface area contributed by atoms with Crippen molar-refractivity contribution >= 4 is 16.7 Å².